The average molecular weight is 767 g/mol. The van der Waals surface area contributed by atoms with Crippen LogP contribution in [0.2, 0.25) is 0 Å². The molecule has 14 heteroatoms. The molecule has 3 aromatic rings. The van der Waals surface area contributed by atoms with Crippen molar-refractivity contribution >= 4 is 40.9 Å². The fraction of sp³-hybridized carbons (Fsp3) is 0.488. The number of nitrogens with two attached hydrogens (primary N) is 1. The van der Waals surface area contributed by atoms with Crippen LogP contribution in [0.15, 0.2) is 66.7 Å². The molecular formula is C41H56F2N6O6. The maximum atomic E-state index is 14.8. The maximum Gasteiger partial charge on any atom is 0.410 e. The molecule has 2 fully saturated rings. The van der Waals surface area contributed by atoms with Crippen molar-refractivity contribution in [2.75, 3.05) is 67.2 Å². The van der Waals surface area contributed by atoms with E-state index in [0.717, 1.165) is 24.9 Å². The molecule has 2 amide bonds. The number of esters is 1. The number of rotatable bonds is 10. The van der Waals surface area contributed by atoms with Crippen molar-refractivity contribution in [3.63, 3.8) is 0 Å². The first-order chi connectivity index (χ1) is 25.9. The van der Waals surface area contributed by atoms with Crippen LogP contribution in [0.5, 0.6) is 0 Å². The molecule has 0 radical (unpaired) electrons. The van der Waals surface area contributed by atoms with Gasteiger partial charge in [-0.1, -0.05) is 30.3 Å². The summed E-state index contributed by atoms with van der Waals surface area (Å²) in [7, 11) is 1.71. The first kappa shape index (κ1) is 42.5. The number of ether oxygens (including phenoxy) is 3. The lowest BCUT2D eigenvalue weighted by molar-refractivity contribution is -0.142. The molecule has 2 saturated heterocycles. The second-order valence-electron chi connectivity index (χ2n) is 15.8. The number of benzene rings is 3. The van der Waals surface area contributed by atoms with Gasteiger partial charge in [0, 0.05) is 51.1 Å². The van der Waals surface area contributed by atoms with Gasteiger partial charge in [0.25, 0.3) is 0 Å². The van der Waals surface area contributed by atoms with E-state index in [1.165, 1.54) is 12.1 Å². The normalized spacial score (nSPS) is 16.8. The van der Waals surface area contributed by atoms with Gasteiger partial charge < -0.3 is 45.3 Å². The second-order valence-corrected chi connectivity index (χ2v) is 15.8. The summed E-state index contributed by atoms with van der Waals surface area (Å²) in [5.41, 5.74) is 7.35. The molecule has 0 aliphatic carbocycles. The lowest BCUT2D eigenvalue weighted by Crippen LogP contribution is -2.42. The minimum Gasteiger partial charge on any atom is -0.460 e. The Morgan fingerprint density at radius 3 is 2.09 bits per heavy atom. The van der Waals surface area contributed by atoms with Gasteiger partial charge in [-0.3, -0.25) is 4.79 Å². The van der Waals surface area contributed by atoms with Gasteiger partial charge in [-0.05, 0) is 102 Å². The number of nitrogen functional groups attached to an aromatic ring is 1. The van der Waals surface area contributed by atoms with Gasteiger partial charge in [-0.15, -0.1) is 0 Å². The molecule has 2 heterocycles. The summed E-state index contributed by atoms with van der Waals surface area (Å²) < 4.78 is 44.6. The molecule has 2 aliphatic rings. The van der Waals surface area contributed by atoms with E-state index in [-0.39, 0.29) is 37.0 Å². The zero-order chi connectivity index (χ0) is 40.3. The molecule has 2 aliphatic heterocycles. The van der Waals surface area contributed by atoms with Gasteiger partial charge in [-0.2, -0.15) is 0 Å². The standard InChI is InChI=1S/C25H32FN3O4.C16H24FN3O2/c1-25(2,3)33-24(31)28(4)20-12-13-29(16-20)22-11-10-19(14-21(22)26)27-15-23(30)32-17-18-8-6-5-7-9-18;1-16(2,3)22-15(21)19-9-11-6-7-20(10-11)14-5-4-12(18)8-13(14)17/h5-11,14,20,27H,12-13,15-17H2,1-4H3;4-5,8,11H,6-7,9-10,18H2,1-3H3,(H,19,21)/t20-;11-/m11/s1. The molecule has 3 aromatic carbocycles. The Morgan fingerprint density at radius 2 is 1.45 bits per heavy atom. The highest BCUT2D eigenvalue weighted by Crippen LogP contribution is 2.29. The minimum absolute atomic E-state index is 0.0574. The van der Waals surface area contributed by atoms with E-state index in [9.17, 15) is 23.2 Å². The van der Waals surface area contributed by atoms with Gasteiger partial charge in [0.1, 0.15) is 36.0 Å². The summed E-state index contributed by atoms with van der Waals surface area (Å²) in [4.78, 5) is 41.4. The van der Waals surface area contributed by atoms with E-state index in [2.05, 4.69) is 10.6 Å². The van der Waals surface area contributed by atoms with Gasteiger partial charge in [0.15, 0.2) is 0 Å². The number of hydrogen-bond donors (Lipinski definition) is 3. The van der Waals surface area contributed by atoms with Crippen molar-refractivity contribution in [2.24, 2.45) is 5.92 Å². The van der Waals surface area contributed by atoms with Gasteiger partial charge in [0.05, 0.1) is 17.4 Å². The Bertz CT molecular complexity index is 1750. The van der Waals surface area contributed by atoms with E-state index in [0.29, 0.717) is 48.9 Å². The fourth-order valence-electron chi connectivity index (χ4n) is 6.14. The van der Waals surface area contributed by atoms with E-state index >= 15 is 0 Å². The van der Waals surface area contributed by atoms with Crippen LogP contribution in [0, 0.1) is 17.6 Å². The predicted molar refractivity (Wildman–Crippen MR) is 211 cm³/mol. The summed E-state index contributed by atoms with van der Waals surface area (Å²) >= 11 is 0. The van der Waals surface area contributed by atoms with Crippen LogP contribution >= 0.6 is 0 Å². The van der Waals surface area contributed by atoms with Gasteiger partial charge >= 0.3 is 18.2 Å². The lowest BCUT2D eigenvalue weighted by atomic mass is 10.1. The molecule has 0 bridgehead atoms. The molecule has 55 heavy (non-hydrogen) atoms. The minimum atomic E-state index is -0.563. The number of alkyl carbamates (subject to hydrolysis) is 1. The zero-order valence-corrected chi connectivity index (χ0v) is 33.0. The molecule has 12 nitrogen and oxygen atoms in total. The van der Waals surface area contributed by atoms with Crippen LogP contribution < -0.4 is 26.2 Å². The highest BCUT2D eigenvalue weighted by molar-refractivity contribution is 5.75. The molecule has 5 rings (SSSR count). The molecule has 0 spiro atoms. The topological polar surface area (TPSA) is 139 Å². The first-order valence-electron chi connectivity index (χ1n) is 18.6. The van der Waals surface area contributed by atoms with E-state index in [1.54, 1.807) is 36.2 Å². The molecule has 300 valence electrons. The van der Waals surface area contributed by atoms with Crippen molar-refractivity contribution < 1.29 is 37.4 Å². The highest BCUT2D eigenvalue weighted by atomic mass is 19.1. The van der Waals surface area contributed by atoms with Crippen molar-refractivity contribution in [1.82, 2.24) is 10.2 Å². The third kappa shape index (κ3) is 13.8. The van der Waals surface area contributed by atoms with Gasteiger partial charge in [-0.25, -0.2) is 18.4 Å². The van der Waals surface area contributed by atoms with E-state index < -0.39 is 29.1 Å². The molecule has 0 aromatic heterocycles. The summed E-state index contributed by atoms with van der Waals surface area (Å²) in [5, 5.41) is 5.68. The maximum absolute atomic E-state index is 14.8. The molecule has 4 N–H and O–H groups in total. The van der Waals surface area contributed by atoms with Crippen LogP contribution in [-0.4, -0.2) is 86.6 Å². The zero-order valence-electron chi connectivity index (χ0n) is 33.0. The number of hydrogen-bond acceptors (Lipinski definition) is 10. The number of anilines is 4. The Kier molecular flexibility index (Phi) is 14.6. The number of nitrogens with one attached hydrogen (secondary N) is 2. The highest BCUT2D eigenvalue weighted by Gasteiger charge is 2.32. The Hall–Kier alpha value is -5.27. The smallest absolute Gasteiger partial charge is 0.410 e. The summed E-state index contributed by atoms with van der Waals surface area (Å²) in [5.74, 6) is -0.834. The molecule has 2 atom stereocenters. The first-order valence-corrected chi connectivity index (χ1v) is 18.6. The van der Waals surface area contributed by atoms with Crippen molar-refractivity contribution in [2.45, 2.75) is 78.2 Å². The second kappa shape index (κ2) is 18.9. The Labute approximate surface area is 323 Å². The number of carbonyl (C=O) groups is 3. The Morgan fingerprint density at radius 1 is 0.836 bits per heavy atom. The Balaban J connectivity index is 0.000000265. The van der Waals surface area contributed by atoms with E-state index in [4.69, 9.17) is 19.9 Å². The largest absolute Gasteiger partial charge is 0.460 e. The number of amides is 2. The monoisotopic (exact) mass is 766 g/mol. The summed E-state index contributed by atoms with van der Waals surface area (Å²) in [6.45, 7) is 14.3. The third-order valence-corrected chi connectivity index (χ3v) is 8.89. The fourth-order valence-corrected chi connectivity index (χ4v) is 6.14. The molecule has 0 unspecified atom stereocenters. The third-order valence-electron chi connectivity index (χ3n) is 8.89. The molecular weight excluding hydrogens is 710 g/mol. The number of likely N-dealkylation sites (N-methyl/N-ethyl adjacent to an activating group) is 1. The lowest BCUT2D eigenvalue weighted by Gasteiger charge is -2.29. The SMILES string of the molecule is CC(C)(C)OC(=O)NC[C@H]1CCN(c2ccc(N)cc2F)C1.CN(C(=O)OC(C)(C)C)[C@@H]1CCN(c2ccc(NCC(=O)OCc3ccccc3)cc2F)C1. The van der Waals surface area contributed by atoms with Gasteiger partial charge in [0.2, 0.25) is 0 Å². The number of carbonyl (C=O) groups excluding carboxylic acids is 3. The quantitative estimate of drug-likeness (QED) is 0.111. The van der Waals surface area contributed by atoms with Crippen LogP contribution in [0.3, 0.4) is 0 Å². The van der Waals surface area contributed by atoms with Crippen LogP contribution in [0.4, 0.5) is 41.1 Å². The summed E-state index contributed by atoms with van der Waals surface area (Å²) in [6, 6.07) is 18.9. The van der Waals surface area contributed by atoms with Crippen LogP contribution in [0.1, 0.15) is 59.9 Å². The number of halogens is 2. The molecule has 0 saturated carbocycles. The number of nitrogens with zero attached hydrogens (tertiary/aromatic N) is 3. The average Bonchev–Trinajstić information content (AvgIpc) is 3.79. The van der Waals surface area contributed by atoms with Crippen LogP contribution in [-0.2, 0) is 25.6 Å². The van der Waals surface area contributed by atoms with Crippen molar-refractivity contribution in [1.29, 1.82) is 0 Å². The van der Waals surface area contributed by atoms with Crippen molar-refractivity contribution in [3.05, 3.63) is 83.9 Å². The summed E-state index contributed by atoms with van der Waals surface area (Å²) in [6.07, 6.45) is 0.834. The van der Waals surface area contributed by atoms with Crippen molar-refractivity contribution in [3.8, 4) is 0 Å². The predicted octanol–water partition coefficient (Wildman–Crippen LogP) is 7.19. The van der Waals surface area contributed by atoms with E-state index in [1.807, 2.05) is 81.7 Å². The van der Waals surface area contributed by atoms with Crippen LogP contribution in [0.25, 0.3) is 0 Å².